The molecule has 0 aromatic rings. The summed E-state index contributed by atoms with van der Waals surface area (Å²) < 4.78 is 26.4. The Bertz CT molecular complexity index is 294. The SMILES string of the molecule is COC(=O)C[C@H]1CS(=O)(=O)C[C@H]1O. The molecule has 0 unspecified atom stereocenters. The summed E-state index contributed by atoms with van der Waals surface area (Å²) in [5.74, 6) is -1.35. The predicted octanol–water partition coefficient (Wildman–Crippen LogP) is -1.04. The maximum absolute atomic E-state index is 11.0. The maximum Gasteiger partial charge on any atom is 0.305 e. The largest absolute Gasteiger partial charge is 0.469 e. The first-order valence-corrected chi connectivity index (χ1v) is 5.72. The van der Waals surface area contributed by atoms with E-state index in [-0.39, 0.29) is 17.9 Å². The van der Waals surface area contributed by atoms with Gasteiger partial charge in [-0.15, -0.1) is 0 Å². The van der Waals surface area contributed by atoms with Gasteiger partial charge in [0.15, 0.2) is 9.84 Å². The Hall–Kier alpha value is -0.620. The predicted molar refractivity (Wildman–Crippen MR) is 44.8 cm³/mol. The highest BCUT2D eigenvalue weighted by Crippen LogP contribution is 2.22. The van der Waals surface area contributed by atoms with Gasteiger partial charge in [-0.1, -0.05) is 0 Å². The Morgan fingerprint density at radius 2 is 2.15 bits per heavy atom. The van der Waals surface area contributed by atoms with E-state index in [2.05, 4.69) is 4.74 Å². The van der Waals surface area contributed by atoms with Crippen LogP contribution in [0.3, 0.4) is 0 Å². The third-order valence-corrected chi connectivity index (χ3v) is 3.88. The molecular formula is C7H12O5S. The molecule has 13 heavy (non-hydrogen) atoms. The maximum atomic E-state index is 11.0. The molecule has 0 aliphatic carbocycles. The summed E-state index contributed by atoms with van der Waals surface area (Å²) in [5.41, 5.74) is 0. The minimum atomic E-state index is -3.16. The number of methoxy groups -OCH3 is 1. The Kier molecular flexibility index (Phi) is 2.92. The van der Waals surface area contributed by atoms with Crippen LogP contribution in [0.2, 0.25) is 0 Å². The highest BCUT2D eigenvalue weighted by atomic mass is 32.2. The number of ether oxygens (including phenoxy) is 1. The van der Waals surface area contributed by atoms with Crippen LogP contribution in [0.25, 0.3) is 0 Å². The number of aliphatic hydroxyl groups excluding tert-OH is 1. The van der Waals surface area contributed by atoms with E-state index in [9.17, 15) is 18.3 Å². The lowest BCUT2D eigenvalue weighted by Gasteiger charge is -2.09. The number of hydrogen-bond donors (Lipinski definition) is 1. The minimum absolute atomic E-state index is 0.0309. The van der Waals surface area contributed by atoms with Crippen LogP contribution in [-0.2, 0) is 19.4 Å². The molecule has 1 N–H and O–H groups in total. The van der Waals surface area contributed by atoms with Gasteiger partial charge in [-0.2, -0.15) is 0 Å². The number of esters is 1. The molecule has 1 aliphatic heterocycles. The zero-order valence-electron chi connectivity index (χ0n) is 7.26. The topological polar surface area (TPSA) is 80.7 Å². The molecule has 1 aliphatic rings. The minimum Gasteiger partial charge on any atom is -0.469 e. The molecule has 0 spiro atoms. The van der Waals surface area contributed by atoms with Crippen molar-refractivity contribution >= 4 is 15.8 Å². The number of aliphatic hydroxyl groups is 1. The van der Waals surface area contributed by atoms with Crippen molar-refractivity contribution < 1.29 is 23.1 Å². The quantitative estimate of drug-likeness (QED) is 0.586. The summed E-state index contributed by atoms with van der Waals surface area (Å²) in [7, 11) is -1.92. The number of rotatable bonds is 2. The highest BCUT2D eigenvalue weighted by molar-refractivity contribution is 7.91. The fourth-order valence-electron chi connectivity index (χ4n) is 1.39. The third kappa shape index (κ3) is 2.67. The second kappa shape index (κ2) is 3.63. The van der Waals surface area contributed by atoms with Crippen LogP contribution >= 0.6 is 0 Å². The van der Waals surface area contributed by atoms with Crippen molar-refractivity contribution in [3.8, 4) is 0 Å². The van der Waals surface area contributed by atoms with Crippen molar-refractivity contribution in [1.82, 2.24) is 0 Å². The fourth-order valence-corrected chi connectivity index (χ4v) is 3.31. The van der Waals surface area contributed by atoms with E-state index in [4.69, 9.17) is 0 Å². The van der Waals surface area contributed by atoms with E-state index >= 15 is 0 Å². The van der Waals surface area contributed by atoms with Crippen LogP contribution in [0.4, 0.5) is 0 Å². The van der Waals surface area contributed by atoms with Crippen molar-refractivity contribution in [3.63, 3.8) is 0 Å². The molecule has 0 radical (unpaired) electrons. The normalized spacial score (nSPS) is 31.5. The Morgan fingerprint density at radius 1 is 1.54 bits per heavy atom. The van der Waals surface area contributed by atoms with Gasteiger partial charge in [0.1, 0.15) is 0 Å². The van der Waals surface area contributed by atoms with Crippen LogP contribution < -0.4 is 0 Å². The molecule has 0 amide bonds. The monoisotopic (exact) mass is 208 g/mol. The summed E-state index contributed by atoms with van der Waals surface area (Å²) in [6.45, 7) is 0. The summed E-state index contributed by atoms with van der Waals surface area (Å²) in [6, 6.07) is 0. The molecule has 1 rings (SSSR count). The van der Waals surface area contributed by atoms with E-state index in [1.165, 1.54) is 7.11 Å². The lowest BCUT2D eigenvalue weighted by atomic mass is 10.0. The first-order valence-electron chi connectivity index (χ1n) is 3.90. The summed E-state index contributed by atoms with van der Waals surface area (Å²) in [6.07, 6.45) is -0.958. The van der Waals surface area contributed by atoms with Gasteiger partial charge in [-0.05, 0) is 0 Å². The van der Waals surface area contributed by atoms with Gasteiger partial charge >= 0.3 is 5.97 Å². The van der Waals surface area contributed by atoms with Crippen LogP contribution in [-0.4, -0.2) is 44.2 Å². The van der Waals surface area contributed by atoms with Crippen LogP contribution in [0, 0.1) is 5.92 Å². The van der Waals surface area contributed by atoms with Crippen molar-refractivity contribution in [3.05, 3.63) is 0 Å². The average molecular weight is 208 g/mol. The highest BCUT2D eigenvalue weighted by Gasteiger charge is 2.37. The van der Waals surface area contributed by atoms with Crippen LogP contribution in [0.5, 0.6) is 0 Å². The van der Waals surface area contributed by atoms with Gasteiger partial charge < -0.3 is 9.84 Å². The number of sulfone groups is 1. The summed E-state index contributed by atoms with van der Waals surface area (Å²) in [4.78, 5) is 10.8. The molecule has 1 fully saturated rings. The molecule has 1 saturated heterocycles. The molecule has 1 heterocycles. The van der Waals surface area contributed by atoms with Crippen LogP contribution in [0.1, 0.15) is 6.42 Å². The lowest BCUT2D eigenvalue weighted by Crippen LogP contribution is -2.21. The third-order valence-electron chi connectivity index (χ3n) is 2.09. The van der Waals surface area contributed by atoms with Gasteiger partial charge in [0, 0.05) is 5.92 Å². The zero-order valence-corrected chi connectivity index (χ0v) is 8.08. The van der Waals surface area contributed by atoms with Crippen LogP contribution in [0.15, 0.2) is 0 Å². The molecule has 6 heteroatoms. The van der Waals surface area contributed by atoms with Crippen molar-refractivity contribution in [2.24, 2.45) is 5.92 Å². The van der Waals surface area contributed by atoms with Crippen molar-refractivity contribution in [1.29, 1.82) is 0 Å². The summed E-state index contributed by atoms with van der Waals surface area (Å²) >= 11 is 0. The molecule has 2 atom stereocenters. The number of carbonyl (C=O) groups excluding carboxylic acids is 1. The van der Waals surface area contributed by atoms with Gasteiger partial charge in [0.25, 0.3) is 0 Å². The van der Waals surface area contributed by atoms with E-state index in [1.54, 1.807) is 0 Å². The van der Waals surface area contributed by atoms with E-state index in [1.807, 2.05) is 0 Å². The smallest absolute Gasteiger partial charge is 0.305 e. The second-order valence-electron chi connectivity index (χ2n) is 3.18. The van der Waals surface area contributed by atoms with Gasteiger partial charge in [-0.3, -0.25) is 4.79 Å². The Labute approximate surface area is 76.6 Å². The van der Waals surface area contributed by atoms with Crippen molar-refractivity contribution in [2.75, 3.05) is 18.6 Å². The van der Waals surface area contributed by atoms with Gasteiger partial charge in [-0.25, -0.2) is 8.42 Å². The molecule has 5 nitrogen and oxygen atoms in total. The molecule has 76 valence electrons. The first kappa shape index (κ1) is 10.5. The van der Waals surface area contributed by atoms with Crippen molar-refractivity contribution in [2.45, 2.75) is 12.5 Å². The lowest BCUT2D eigenvalue weighted by molar-refractivity contribution is -0.142. The summed E-state index contributed by atoms with van der Waals surface area (Å²) in [5, 5.41) is 9.28. The molecule has 0 aromatic carbocycles. The van der Waals surface area contributed by atoms with E-state index < -0.39 is 27.8 Å². The number of hydrogen-bond acceptors (Lipinski definition) is 5. The van der Waals surface area contributed by atoms with Gasteiger partial charge in [0.2, 0.25) is 0 Å². The molecule has 0 saturated carbocycles. The zero-order chi connectivity index (χ0) is 10.1. The Morgan fingerprint density at radius 3 is 2.54 bits per heavy atom. The standard InChI is InChI=1S/C7H12O5S/c1-12-7(9)2-5-3-13(10,11)4-6(5)8/h5-6,8H,2-4H2,1H3/t5-,6+/m0/s1. The fraction of sp³-hybridized carbons (Fsp3) is 0.857. The Balaban J connectivity index is 2.59. The van der Waals surface area contributed by atoms with E-state index in [0.717, 1.165) is 0 Å². The molecular weight excluding hydrogens is 196 g/mol. The average Bonchev–Trinajstić information content (AvgIpc) is 2.24. The second-order valence-corrected chi connectivity index (χ2v) is 5.34. The number of carbonyl (C=O) groups is 1. The van der Waals surface area contributed by atoms with Gasteiger partial charge in [0.05, 0.1) is 31.1 Å². The molecule has 0 aromatic heterocycles. The first-order chi connectivity index (χ1) is 5.94. The van der Waals surface area contributed by atoms with E-state index in [0.29, 0.717) is 0 Å². The molecule has 0 bridgehead atoms.